The Bertz CT molecular complexity index is 233. The van der Waals surface area contributed by atoms with E-state index < -0.39 is 0 Å². The molecule has 0 N–H and O–H groups in total. The van der Waals surface area contributed by atoms with Crippen LogP contribution in [-0.2, 0) is 6.42 Å². The summed E-state index contributed by atoms with van der Waals surface area (Å²) in [6.07, 6.45) is 0.711. The highest BCUT2D eigenvalue weighted by Gasteiger charge is 1.98. The zero-order chi connectivity index (χ0) is 7.56. The Hall–Kier alpha value is -0.560. The number of benzene rings is 1. The van der Waals surface area contributed by atoms with Crippen molar-refractivity contribution in [3.63, 3.8) is 0 Å². The SMILES string of the molecule is CCc1ccc(Cl)cc1F. The van der Waals surface area contributed by atoms with Gasteiger partial charge in [-0.3, -0.25) is 0 Å². The van der Waals surface area contributed by atoms with Crippen molar-refractivity contribution in [2.75, 3.05) is 0 Å². The average Bonchev–Trinajstić information content (AvgIpc) is 1.88. The van der Waals surface area contributed by atoms with Crippen LogP contribution >= 0.6 is 11.6 Å². The average molecular weight is 159 g/mol. The van der Waals surface area contributed by atoms with Crippen LogP contribution in [0.5, 0.6) is 0 Å². The Morgan fingerprint density at radius 1 is 1.50 bits per heavy atom. The van der Waals surface area contributed by atoms with Gasteiger partial charge in [-0.2, -0.15) is 0 Å². The van der Waals surface area contributed by atoms with Gasteiger partial charge >= 0.3 is 0 Å². The third-order valence-corrected chi connectivity index (χ3v) is 1.63. The molecule has 0 spiro atoms. The number of halogens is 2. The largest absolute Gasteiger partial charge is 0.207 e. The first-order chi connectivity index (χ1) is 4.74. The molecule has 2 heteroatoms. The van der Waals surface area contributed by atoms with Crippen molar-refractivity contribution < 1.29 is 4.39 Å². The van der Waals surface area contributed by atoms with Gasteiger partial charge in [0.2, 0.25) is 0 Å². The van der Waals surface area contributed by atoms with Crippen LogP contribution in [0.25, 0.3) is 0 Å². The van der Waals surface area contributed by atoms with Gasteiger partial charge in [0.05, 0.1) is 0 Å². The molecule has 1 aromatic rings. The summed E-state index contributed by atoms with van der Waals surface area (Å²) >= 11 is 5.53. The summed E-state index contributed by atoms with van der Waals surface area (Å²) in [5.41, 5.74) is 0.712. The fraction of sp³-hybridized carbons (Fsp3) is 0.250. The van der Waals surface area contributed by atoms with E-state index in [-0.39, 0.29) is 5.82 Å². The molecule has 54 valence electrons. The highest BCUT2D eigenvalue weighted by molar-refractivity contribution is 6.30. The molecule has 0 aliphatic heterocycles. The zero-order valence-corrected chi connectivity index (χ0v) is 6.45. The first kappa shape index (κ1) is 7.55. The molecule has 0 aromatic heterocycles. The van der Waals surface area contributed by atoms with E-state index >= 15 is 0 Å². The lowest BCUT2D eigenvalue weighted by Gasteiger charge is -1.97. The van der Waals surface area contributed by atoms with Crippen LogP contribution in [0, 0.1) is 5.82 Å². The second-order valence-electron chi connectivity index (χ2n) is 2.09. The Morgan fingerprint density at radius 3 is 2.70 bits per heavy atom. The van der Waals surface area contributed by atoms with Crippen LogP contribution in [0.15, 0.2) is 18.2 Å². The molecule has 0 nitrogen and oxygen atoms in total. The highest BCUT2D eigenvalue weighted by atomic mass is 35.5. The zero-order valence-electron chi connectivity index (χ0n) is 5.70. The van der Waals surface area contributed by atoms with Gasteiger partial charge in [0.25, 0.3) is 0 Å². The van der Waals surface area contributed by atoms with Crippen molar-refractivity contribution in [1.29, 1.82) is 0 Å². The van der Waals surface area contributed by atoms with Crippen LogP contribution in [0.4, 0.5) is 4.39 Å². The van der Waals surface area contributed by atoms with E-state index in [4.69, 9.17) is 11.6 Å². The highest BCUT2D eigenvalue weighted by Crippen LogP contribution is 2.14. The molecular weight excluding hydrogens is 151 g/mol. The molecule has 0 radical (unpaired) electrons. The van der Waals surface area contributed by atoms with Gasteiger partial charge in [0.1, 0.15) is 5.82 Å². The van der Waals surface area contributed by atoms with Gasteiger partial charge in [-0.15, -0.1) is 0 Å². The summed E-state index contributed by atoms with van der Waals surface area (Å²) in [6.45, 7) is 1.91. The molecule has 0 bridgehead atoms. The molecule has 0 fully saturated rings. The van der Waals surface area contributed by atoms with Crippen LogP contribution in [0.2, 0.25) is 5.02 Å². The van der Waals surface area contributed by atoms with Crippen LogP contribution in [-0.4, -0.2) is 0 Å². The number of hydrogen-bond donors (Lipinski definition) is 0. The van der Waals surface area contributed by atoms with Gasteiger partial charge in [-0.25, -0.2) is 4.39 Å². The van der Waals surface area contributed by atoms with E-state index in [1.165, 1.54) is 6.07 Å². The first-order valence-corrected chi connectivity index (χ1v) is 3.55. The van der Waals surface area contributed by atoms with E-state index in [9.17, 15) is 4.39 Å². The maximum atomic E-state index is 12.8. The molecule has 10 heavy (non-hydrogen) atoms. The molecule has 0 atom stereocenters. The van der Waals surface area contributed by atoms with Crippen molar-refractivity contribution in [3.8, 4) is 0 Å². The number of hydrogen-bond acceptors (Lipinski definition) is 0. The Kier molecular flexibility index (Phi) is 2.28. The number of rotatable bonds is 1. The van der Waals surface area contributed by atoms with Gasteiger partial charge in [-0.05, 0) is 24.1 Å². The van der Waals surface area contributed by atoms with Crippen molar-refractivity contribution in [2.45, 2.75) is 13.3 Å². The smallest absolute Gasteiger partial charge is 0.127 e. The van der Waals surface area contributed by atoms with E-state index in [1.54, 1.807) is 12.1 Å². The van der Waals surface area contributed by atoms with Crippen LogP contribution in [0.3, 0.4) is 0 Å². The third kappa shape index (κ3) is 1.48. The molecule has 0 amide bonds. The third-order valence-electron chi connectivity index (χ3n) is 1.40. The lowest BCUT2D eigenvalue weighted by atomic mass is 10.2. The van der Waals surface area contributed by atoms with E-state index in [1.807, 2.05) is 6.92 Å². The Labute approximate surface area is 64.6 Å². The summed E-state index contributed by atoms with van der Waals surface area (Å²) in [5.74, 6) is -0.213. The lowest BCUT2D eigenvalue weighted by Crippen LogP contribution is -1.85. The lowest BCUT2D eigenvalue weighted by molar-refractivity contribution is 0.612. The second kappa shape index (κ2) is 3.02. The van der Waals surface area contributed by atoms with E-state index in [0.29, 0.717) is 17.0 Å². The van der Waals surface area contributed by atoms with E-state index in [0.717, 1.165) is 0 Å². The van der Waals surface area contributed by atoms with Crippen LogP contribution < -0.4 is 0 Å². The van der Waals surface area contributed by atoms with Gasteiger partial charge in [-0.1, -0.05) is 24.6 Å². The topological polar surface area (TPSA) is 0 Å². The summed E-state index contributed by atoms with van der Waals surface area (Å²) in [4.78, 5) is 0. The van der Waals surface area contributed by atoms with Gasteiger partial charge in [0, 0.05) is 5.02 Å². The molecule has 0 saturated carbocycles. The van der Waals surface area contributed by atoms with Crippen molar-refractivity contribution in [2.24, 2.45) is 0 Å². The normalized spacial score (nSPS) is 9.90. The molecule has 0 unspecified atom stereocenters. The predicted octanol–water partition coefficient (Wildman–Crippen LogP) is 3.04. The second-order valence-corrected chi connectivity index (χ2v) is 2.53. The van der Waals surface area contributed by atoms with Gasteiger partial charge in [0.15, 0.2) is 0 Å². The Balaban J connectivity index is 3.07. The molecular formula is C8H8ClF. The molecule has 1 rings (SSSR count). The molecule has 0 saturated heterocycles. The molecule has 1 aromatic carbocycles. The Morgan fingerprint density at radius 2 is 2.20 bits per heavy atom. The fourth-order valence-electron chi connectivity index (χ4n) is 0.808. The summed E-state index contributed by atoms with van der Waals surface area (Å²) in [6, 6.07) is 4.74. The molecule has 0 heterocycles. The first-order valence-electron chi connectivity index (χ1n) is 3.18. The summed E-state index contributed by atoms with van der Waals surface area (Å²) in [7, 11) is 0. The maximum Gasteiger partial charge on any atom is 0.127 e. The molecule has 0 aliphatic rings. The fourth-order valence-corrected chi connectivity index (χ4v) is 0.967. The quantitative estimate of drug-likeness (QED) is 0.590. The van der Waals surface area contributed by atoms with Crippen molar-refractivity contribution in [3.05, 3.63) is 34.6 Å². The standard InChI is InChI=1S/C8H8ClF/c1-2-6-3-4-7(9)5-8(6)10/h3-5H,2H2,1H3. The van der Waals surface area contributed by atoms with Crippen LogP contribution in [0.1, 0.15) is 12.5 Å². The minimum atomic E-state index is -0.213. The monoisotopic (exact) mass is 158 g/mol. The number of aryl methyl sites for hydroxylation is 1. The van der Waals surface area contributed by atoms with Crippen molar-refractivity contribution in [1.82, 2.24) is 0 Å². The molecule has 0 aliphatic carbocycles. The maximum absolute atomic E-state index is 12.8. The van der Waals surface area contributed by atoms with Gasteiger partial charge < -0.3 is 0 Å². The summed E-state index contributed by atoms with van der Waals surface area (Å²) < 4.78 is 12.8. The minimum Gasteiger partial charge on any atom is -0.207 e. The minimum absolute atomic E-state index is 0.213. The predicted molar refractivity (Wildman–Crippen MR) is 40.8 cm³/mol. The summed E-state index contributed by atoms with van der Waals surface area (Å²) in [5, 5.41) is 0.453. The van der Waals surface area contributed by atoms with E-state index in [2.05, 4.69) is 0 Å². The van der Waals surface area contributed by atoms with Crippen molar-refractivity contribution >= 4 is 11.6 Å².